The summed E-state index contributed by atoms with van der Waals surface area (Å²) >= 11 is 3.44. The van der Waals surface area contributed by atoms with E-state index in [1.54, 1.807) is 6.20 Å². The van der Waals surface area contributed by atoms with Crippen LogP contribution in [0.4, 0.5) is 5.69 Å². The Kier molecular flexibility index (Phi) is 4.27. The monoisotopic (exact) mass is 322 g/mol. The molecule has 0 saturated carbocycles. The second kappa shape index (κ2) is 5.93. The zero-order chi connectivity index (χ0) is 13.8. The van der Waals surface area contributed by atoms with Gasteiger partial charge < -0.3 is 15.2 Å². The molecule has 19 heavy (non-hydrogen) atoms. The highest BCUT2D eigenvalue weighted by Crippen LogP contribution is 2.33. The second-order valence-electron chi connectivity index (χ2n) is 3.97. The number of halogens is 1. The number of nitrogens with two attached hydrogens (primary N) is 1. The van der Waals surface area contributed by atoms with Gasteiger partial charge in [-0.05, 0) is 47.5 Å². The van der Waals surface area contributed by atoms with Crippen LogP contribution in [0.1, 0.15) is 12.5 Å². The minimum atomic E-state index is 0.486. The average Bonchev–Trinajstić information content (AvgIpc) is 2.40. The van der Waals surface area contributed by atoms with Gasteiger partial charge in [0.15, 0.2) is 0 Å². The van der Waals surface area contributed by atoms with Crippen molar-refractivity contribution in [3.8, 4) is 17.4 Å². The van der Waals surface area contributed by atoms with Gasteiger partial charge >= 0.3 is 0 Å². The zero-order valence-electron chi connectivity index (χ0n) is 10.8. The van der Waals surface area contributed by atoms with E-state index in [0.717, 1.165) is 15.8 Å². The molecule has 100 valence electrons. The van der Waals surface area contributed by atoms with Crippen LogP contribution in [0.3, 0.4) is 0 Å². The Hall–Kier alpha value is -1.75. The van der Waals surface area contributed by atoms with Crippen molar-refractivity contribution in [2.45, 2.75) is 13.8 Å². The molecule has 0 spiro atoms. The van der Waals surface area contributed by atoms with Crippen LogP contribution in [0, 0.1) is 6.92 Å². The van der Waals surface area contributed by atoms with E-state index in [2.05, 4.69) is 20.9 Å². The molecule has 0 aliphatic carbocycles. The molecule has 0 amide bonds. The summed E-state index contributed by atoms with van der Waals surface area (Å²) in [5.74, 6) is 1.92. The summed E-state index contributed by atoms with van der Waals surface area (Å²) in [5.41, 5.74) is 7.31. The number of rotatable bonds is 4. The van der Waals surface area contributed by atoms with Crippen molar-refractivity contribution >= 4 is 21.6 Å². The molecule has 0 bridgehead atoms. The lowest BCUT2D eigenvalue weighted by atomic mass is 10.2. The molecule has 2 rings (SSSR count). The zero-order valence-corrected chi connectivity index (χ0v) is 12.4. The molecule has 0 radical (unpaired) electrons. The van der Waals surface area contributed by atoms with Crippen molar-refractivity contribution in [3.05, 3.63) is 40.5 Å². The average molecular weight is 323 g/mol. The summed E-state index contributed by atoms with van der Waals surface area (Å²) in [4.78, 5) is 4.17. The maximum atomic E-state index is 5.78. The molecule has 0 unspecified atom stereocenters. The van der Waals surface area contributed by atoms with E-state index in [-0.39, 0.29) is 0 Å². The lowest BCUT2D eigenvalue weighted by Crippen LogP contribution is -1.97. The standard InChI is InChI=1S/C14H15BrN2O2/c1-3-18-10-5-4-6-11(7-10)19-14-13(15)9(2)12(16)8-17-14/h4-8H,3,16H2,1-2H3. The van der Waals surface area contributed by atoms with Crippen LogP contribution in [0.15, 0.2) is 34.9 Å². The number of hydrogen-bond donors (Lipinski definition) is 1. The number of aromatic nitrogens is 1. The third-order valence-electron chi connectivity index (χ3n) is 2.60. The van der Waals surface area contributed by atoms with Crippen LogP contribution in [0.2, 0.25) is 0 Å². The molecule has 0 fully saturated rings. The highest BCUT2D eigenvalue weighted by atomic mass is 79.9. The van der Waals surface area contributed by atoms with Gasteiger partial charge in [-0.1, -0.05) is 6.07 Å². The van der Waals surface area contributed by atoms with Gasteiger partial charge in [0.1, 0.15) is 11.5 Å². The number of nitrogen functional groups attached to an aromatic ring is 1. The molecule has 1 aromatic heterocycles. The first-order chi connectivity index (χ1) is 9.11. The maximum Gasteiger partial charge on any atom is 0.234 e. The molecule has 2 N–H and O–H groups in total. The highest BCUT2D eigenvalue weighted by molar-refractivity contribution is 9.10. The Morgan fingerprint density at radius 2 is 2.05 bits per heavy atom. The van der Waals surface area contributed by atoms with E-state index >= 15 is 0 Å². The minimum absolute atomic E-state index is 0.486. The number of pyridine rings is 1. The molecule has 0 saturated heterocycles. The normalized spacial score (nSPS) is 10.3. The van der Waals surface area contributed by atoms with Crippen molar-refractivity contribution in [2.24, 2.45) is 0 Å². The van der Waals surface area contributed by atoms with E-state index in [4.69, 9.17) is 15.2 Å². The maximum absolute atomic E-state index is 5.78. The first kappa shape index (κ1) is 13.7. The Bertz CT molecular complexity index is 588. The molecule has 0 atom stereocenters. The number of nitrogens with zero attached hydrogens (tertiary/aromatic N) is 1. The first-order valence-electron chi connectivity index (χ1n) is 5.93. The SMILES string of the molecule is CCOc1cccc(Oc2ncc(N)c(C)c2Br)c1. The third kappa shape index (κ3) is 3.17. The molecular weight excluding hydrogens is 308 g/mol. The van der Waals surface area contributed by atoms with E-state index in [9.17, 15) is 0 Å². The van der Waals surface area contributed by atoms with Crippen molar-refractivity contribution in [3.63, 3.8) is 0 Å². The Labute approximate surface area is 120 Å². The molecule has 0 aliphatic rings. The molecule has 1 heterocycles. The fourth-order valence-electron chi connectivity index (χ4n) is 1.55. The summed E-state index contributed by atoms with van der Waals surface area (Å²) in [6.07, 6.45) is 1.59. The van der Waals surface area contributed by atoms with Gasteiger partial charge in [0.25, 0.3) is 0 Å². The topological polar surface area (TPSA) is 57.4 Å². The third-order valence-corrected chi connectivity index (χ3v) is 3.54. The largest absolute Gasteiger partial charge is 0.494 e. The van der Waals surface area contributed by atoms with Crippen molar-refractivity contribution in [1.29, 1.82) is 0 Å². The molecule has 4 nitrogen and oxygen atoms in total. The van der Waals surface area contributed by atoms with E-state index in [1.807, 2.05) is 38.1 Å². The van der Waals surface area contributed by atoms with E-state index in [1.165, 1.54) is 0 Å². The first-order valence-corrected chi connectivity index (χ1v) is 6.72. The molecule has 5 heteroatoms. The minimum Gasteiger partial charge on any atom is -0.494 e. The quantitative estimate of drug-likeness (QED) is 0.926. The van der Waals surface area contributed by atoms with Gasteiger partial charge in [0.2, 0.25) is 5.88 Å². The van der Waals surface area contributed by atoms with Crippen molar-refractivity contribution in [2.75, 3.05) is 12.3 Å². The predicted octanol–water partition coefficient (Wildman–Crippen LogP) is 3.93. The van der Waals surface area contributed by atoms with Gasteiger partial charge in [-0.25, -0.2) is 4.98 Å². The summed E-state index contributed by atoms with van der Waals surface area (Å²) in [6, 6.07) is 7.43. The van der Waals surface area contributed by atoms with Gasteiger partial charge in [-0.15, -0.1) is 0 Å². The van der Waals surface area contributed by atoms with Gasteiger partial charge in [0, 0.05) is 6.07 Å². The van der Waals surface area contributed by atoms with Crippen LogP contribution < -0.4 is 15.2 Å². The number of hydrogen-bond acceptors (Lipinski definition) is 4. The van der Waals surface area contributed by atoms with Crippen LogP contribution in [-0.4, -0.2) is 11.6 Å². The summed E-state index contributed by atoms with van der Waals surface area (Å²) in [7, 11) is 0. The lowest BCUT2D eigenvalue weighted by Gasteiger charge is -2.11. The fraction of sp³-hybridized carbons (Fsp3) is 0.214. The van der Waals surface area contributed by atoms with Crippen molar-refractivity contribution < 1.29 is 9.47 Å². The molecule has 2 aromatic rings. The number of benzene rings is 1. The van der Waals surface area contributed by atoms with E-state index in [0.29, 0.717) is 23.9 Å². The van der Waals surface area contributed by atoms with Crippen LogP contribution in [-0.2, 0) is 0 Å². The van der Waals surface area contributed by atoms with Crippen LogP contribution >= 0.6 is 15.9 Å². The van der Waals surface area contributed by atoms with Crippen LogP contribution in [0.5, 0.6) is 17.4 Å². The Balaban J connectivity index is 2.26. The summed E-state index contributed by atoms with van der Waals surface area (Å²) in [6.45, 7) is 4.46. The fourth-order valence-corrected chi connectivity index (χ4v) is 1.96. The Morgan fingerprint density at radius 1 is 1.32 bits per heavy atom. The predicted molar refractivity (Wildman–Crippen MR) is 78.8 cm³/mol. The summed E-state index contributed by atoms with van der Waals surface area (Å²) < 4.78 is 11.9. The van der Waals surface area contributed by atoms with Gasteiger partial charge in [0.05, 0.1) is 23.0 Å². The number of anilines is 1. The summed E-state index contributed by atoms with van der Waals surface area (Å²) in [5, 5.41) is 0. The molecular formula is C14H15BrN2O2. The smallest absolute Gasteiger partial charge is 0.234 e. The van der Waals surface area contributed by atoms with Crippen LogP contribution in [0.25, 0.3) is 0 Å². The van der Waals surface area contributed by atoms with E-state index < -0.39 is 0 Å². The second-order valence-corrected chi connectivity index (χ2v) is 4.76. The Morgan fingerprint density at radius 3 is 2.79 bits per heavy atom. The van der Waals surface area contributed by atoms with Gasteiger partial charge in [-0.3, -0.25) is 0 Å². The van der Waals surface area contributed by atoms with Gasteiger partial charge in [-0.2, -0.15) is 0 Å². The number of ether oxygens (including phenoxy) is 2. The highest BCUT2D eigenvalue weighted by Gasteiger charge is 2.10. The van der Waals surface area contributed by atoms with Crippen molar-refractivity contribution in [1.82, 2.24) is 4.98 Å². The molecule has 1 aromatic carbocycles. The lowest BCUT2D eigenvalue weighted by molar-refractivity contribution is 0.338. The molecule has 0 aliphatic heterocycles.